The van der Waals surface area contributed by atoms with E-state index in [2.05, 4.69) is 15.3 Å². The Morgan fingerprint density at radius 3 is 2.68 bits per heavy atom. The van der Waals surface area contributed by atoms with Gasteiger partial charge in [-0.05, 0) is 0 Å². The number of aliphatic hydroxyl groups is 4. The SMILES string of the molecule is O=c1ncc(CO)c(NC2O[C@H](CO)[C@@H](O)[C@@H]2O)[nH]1. The van der Waals surface area contributed by atoms with Gasteiger partial charge in [-0.1, -0.05) is 0 Å². The van der Waals surface area contributed by atoms with Crippen LogP contribution in [0.3, 0.4) is 0 Å². The minimum atomic E-state index is -1.28. The zero-order valence-corrected chi connectivity index (χ0v) is 9.85. The summed E-state index contributed by atoms with van der Waals surface area (Å²) < 4.78 is 5.19. The molecule has 1 fully saturated rings. The van der Waals surface area contributed by atoms with E-state index in [1.807, 2.05) is 0 Å². The molecule has 1 saturated heterocycles. The Labute approximate surface area is 107 Å². The third-order valence-electron chi connectivity index (χ3n) is 2.89. The molecule has 2 rings (SSSR count). The summed E-state index contributed by atoms with van der Waals surface area (Å²) in [5.41, 5.74) is -0.330. The molecule has 0 aromatic carbocycles. The van der Waals surface area contributed by atoms with Gasteiger partial charge in [-0.3, -0.25) is 4.98 Å². The summed E-state index contributed by atoms with van der Waals surface area (Å²) in [7, 11) is 0. The van der Waals surface area contributed by atoms with Gasteiger partial charge >= 0.3 is 5.69 Å². The van der Waals surface area contributed by atoms with Gasteiger partial charge in [-0.25, -0.2) is 9.78 Å². The minimum Gasteiger partial charge on any atom is -0.394 e. The second-order valence-electron chi connectivity index (χ2n) is 4.15. The first-order valence-corrected chi connectivity index (χ1v) is 5.65. The Kier molecular flexibility index (Phi) is 4.12. The second-order valence-corrected chi connectivity index (χ2v) is 4.15. The normalized spacial score (nSPS) is 30.5. The number of hydrogen-bond acceptors (Lipinski definition) is 8. The summed E-state index contributed by atoms with van der Waals surface area (Å²) in [6, 6.07) is 0. The number of H-pyrrole nitrogens is 1. The topological polar surface area (TPSA) is 148 Å². The van der Waals surface area contributed by atoms with Gasteiger partial charge in [0.1, 0.15) is 24.1 Å². The summed E-state index contributed by atoms with van der Waals surface area (Å²) >= 11 is 0. The maximum atomic E-state index is 11.1. The molecule has 0 spiro atoms. The van der Waals surface area contributed by atoms with Gasteiger partial charge in [-0.15, -0.1) is 0 Å². The highest BCUT2D eigenvalue weighted by atomic mass is 16.6. The molecule has 0 bridgehead atoms. The second kappa shape index (κ2) is 5.63. The lowest BCUT2D eigenvalue weighted by Gasteiger charge is -2.18. The number of nitrogens with zero attached hydrogens (tertiary/aromatic N) is 1. The molecule has 0 radical (unpaired) electrons. The molecule has 2 heterocycles. The zero-order chi connectivity index (χ0) is 14.0. The van der Waals surface area contributed by atoms with E-state index < -0.39 is 36.8 Å². The van der Waals surface area contributed by atoms with E-state index >= 15 is 0 Å². The summed E-state index contributed by atoms with van der Waals surface area (Å²) in [5.74, 6) is 0.136. The van der Waals surface area contributed by atoms with Crippen molar-refractivity contribution in [1.82, 2.24) is 9.97 Å². The Morgan fingerprint density at radius 2 is 2.11 bits per heavy atom. The molecule has 1 aliphatic heterocycles. The van der Waals surface area contributed by atoms with E-state index in [1.165, 1.54) is 6.20 Å². The van der Waals surface area contributed by atoms with Crippen molar-refractivity contribution in [3.05, 3.63) is 22.2 Å². The first-order chi connectivity index (χ1) is 9.06. The minimum absolute atomic E-state index is 0.136. The fourth-order valence-corrected chi connectivity index (χ4v) is 1.83. The number of aromatic amines is 1. The van der Waals surface area contributed by atoms with E-state index in [0.29, 0.717) is 5.56 Å². The van der Waals surface area contributed by atoms with Crippen LogP contribution < -0.4 is 11.0 Å². The van der Waals surface area contributed by atoms with Gasteiger partial charge in [0.05, 0.1) is 13.2 Å². The number of aliphatic hydroxyl groups excluding tert-OH is 4. The highest BCUT2D eigenvalue weighted by Crippen LogP contribution is 2.23. The molecule has 1 aliphatic rings. The Morgan fingerprint density at radius 1 is 1.37 bits per heavy atom. The molecule has 1 aromatic rings. The van der Waals surface area contributed by atoms with Crippen molar-refractivity contribution >= 4 is 5.82 Å². The van der Waals surface area contributed by atoms with E-state index in [0.717, 1.165) is 0 Å². The summed E-state index contributed by atoms with van der Waals surface area (Å²) in [4.78, 5) is 16.9. The molecule has 106 valence electrons. The van der Waals surface area contributed by atoms with Gasteiger partial charge in [0.15, 0.2) is 6.23 Å². The fourth-order valence-electron chi connectivity index (χ4n) is 1.83. The molecular formula is C10H15N3O6. The van der Waals surface area contributed by atoms with E-state index in [4.69, 9.17) is 14.9 Å². The lowest BCUT2D eigenvalue weighted by molar-refractivity contribution is -0.0154. The van der Waals surface area contributed by atoms with Crippen LogP contribution in [0.2, 0.25) is 0 Å². The molecule has 19 heavy (non-hydrogen) atoms. The van der Waals surface area contributed by atoms with Crippen molar-refractivity contribution in [3.63, 3.8) is 0 Å². The van der Waals surface area contributed by atoms with Crippen LogP contribution in [0.4, 0.5) is 5.82 Å². The average Bonchev–Trinajstić information content (AvgIpc) is 2.67. The average molecular weight is 273 g/mol. The number of rotatable bonds is 4. The molecule has 0 amide bonds. The van der Waals surface area contributed by atoms with Gasteiger partial charge < -0.3 is 30.5 Å². The third-order valence-corrected chi connectivity index (χ3v) is 2.89. The fraction of sp³-hybridized carbons (Fsp3) is 0.600. The lowest BCUT2D eigenvalue weighted by atomic mass is 10.1. The van der Waals surface area contributed by atoms with Crippen molar-refractivity contribution in [3.8, 4) is 0 Å². The maximum absolute atomic E-state index is 11.1. The summed E-state index contributed by atoms with van der Waals surface area (Å²) in [6.07, 6.45) is -3.27. The van der Waals surface area contributed by atoms with E-state index in [1.54, 1.807) is 0 Å². The highest BCUT2D eigenvalue weighted by molar-refractivity contribution is 5.42. The Balaban J connectivity index is 2.18. The van der Waals surface area contributed by atoms with Crippen LogP contribution in [-0.2, 0) is 11.3 Å². The number of nitrogens with one attached hydrogen (secondary N) is 2. The molecule has 9 heteroatoms. The molecule has 0 saturated carbocycles. The van der Waals surface area contributed by atoms with Crippen LogP contribution in [0.5, 0.6) is 0 Å². The maximum Gasteiger partial charge on any atom is 0.346 e. The van der Waals surface area contributed by atoms with Crippen LogP contribution >= 0.6 is 0 Å². The van der Waals surface area contributed by atoms with Gasteiger partial charge in [0, 0.05) is 11.8 Å². The van der Waals surface area contributed by atoms with Crippen molar-refractivity contribution in [1.29, 1.82) is 0 Å². The van der Waals surface area contributed by atoms with Crippen molar-refractivity contribution in [2.45, 2.75) is 31.1 Å². The number of ether oxygens (including phenoxy) is 1. The molecule has 1 aromatic heterocycles. The molecule has 4 atom stereocenters. The van der Waals surface area contributed by atoms with Gasteiger partial charge in [0.2, 0.25) is 0 Å². The molecule has 1 unspecified atom stereocenters. The van der Waals surface area contributed by atoms with E-state index in [9.17, 15) is 15.0 Å². The lowest BCUT2D eigenvalue weighted by Crippen LogP contribution is -2.37. The molecular weight excluding hydrogens is 258 g/mol. The van der Waals surface area contributed by atoms with Gasteiger partial charge in [-0.2, -0.15) is 0 Å². The van der Waals surface area contributed by atoms with Crippen LogP contribution in [0.25, 0.3) is 0 Å². The van der Waals surface area contributed by atoms with Crippen LogP contribution in [0.15, 0.2) is 11.0 Å². The number of hydrogen-bond donors (Lipinski definition) is 6. The zero-order valence-electron chi connectivity index (χ0n) is 9.85. The van der Waals surface area contributed by atoms with Crippen LogP contribution in [0, 0.1) is 0 Å². The summed E-state index contributed by atoms with van der Waals surface area (Å²) in [5, 5.41) is 40.0. The van der Waals surface area contributed by atoms with Crippen molar-refractivity contribution in [2.24, 2.45) is 0 Å². The molecule has 6 N–H and O–H groups in total. The first kappa shape index (κ1) is 13.9. The van der Waals surface area contributed by atoms with Crippen LogP contribution in [-0.4, -0.2) is 61.5 Å². The standard InChI is InChI=1S/C10H15N3O6/c14-2-4-1-11-10(18)13-8(4)12-9-7(17)6(16)5(3-15)19-9/h1,5-7,9,14-17H,2-3H2,(H2,11,12,13,18)/t5-,6-,7+,9?/m1/s1. The largest absolute Gasteiger partial charge is 0.394 e. The Hall–Kier alpha value is -1.52. The Bertz CT molecular complexity index is 492. The molecule has 0 aliphatic carbocycles. The summed E-state index contributed by atoms with van der Waals surface area (Å²) in [6.45, 7) is -0.822. The number of aromatic nitrogens is 2. The van der Waals surface area contributed by atoms with Crippen LogP contribution in [0.1, 0.15) is 5.56 Å². The predicted octanol–water partition coefficient (Wildman–Crippen LogP) is -2.89. The quantitative estimate of drug-likeness (QED) is 0.342. The monoisotopic (exact) mass is 273 g/mol. The predicted molar refractivity (Wildman–Crippen MR) is 62.2 cm³/mol. The third kappa shape index (κ3) is 2.74. The van der Waals surface area contributed by atoms with Crippen molar-refractivity contribution < 1.29 is 25.2 Å². The smallest absolute Gasteiger partial charge is 0.346 e. The van der Waals surface area contributed by atoms with E-state index in [-0.39, 0.29) is 12.4 Å². The van der Waals surface area contributed by atoms with Crippen molar-refractivity contribution in [2.75, 3.05) is 11.9 Å². The number of anilines is 1. The first-order valence-electron chi connectivity index (χ1n) is 5.65. The van der Waals surface area contributed by atoms with Gasteiger partial charge in [0.25, 0.3) is 0 Å². The highest BCUT2D eigenvalue weighted by Gasteiger charge is 2.42. The molecule has 9 nitrogen and oxygen atoms in total.